The van der Waals surface area contributed by atoms with Gasteiger partial charge < -0.3 is 15.4 Å². The molecule has 2 heterocycles. The molecule has 1 unspecified atom stereocenters. The van der Waals surface area contributed by atoms with Crippen molar-refractivity contribution in [3.05, 3.63) is 18.5 Å². The van der Waals surface area contributed by atoms with Crippen LogP contribution in [0, 0.1) is 5.41 Å². The van der Waals surface area contributed by atoms with E-state index in [2.05, 4.69) is 5.10 Å². The van der Waals surface area contributed by atoms with Crippen molar-refractivity contribution in [3.63, 3.8) is 0 Å². The molecule has 1 aromatic rings. The summed E-state index contributed by atoms with van der Waals surface area (Å²) in [4.78, 5) is 14.7. The van der Waals surface area contributed by atoms with Crippen molar-refractivity contribution < 1.29 is 9.53 Å². The average molecular weight is 320 g/mol. The highest BCUT2D eigenvalue weighted by atomic mass is 16.5. The quantitative estimate of drug-likeness (QED) is 0.890. The summed E-state index contributed by atoms with van der Waals surface area (Å²) in [5.74, 6) is 0.242. The van der Waals surface area contributed by atoms with Crippen LogP contribution in [0.5, 0.6) is 0 Å². The zero-order valence-electron chi connectivity index (χ0n) is 13.8. The molecule has 23 heavy (non-hydrogen) atoms. The van der Waals surface area contributed by atoms with Crippen LogP contribution in [-0.2, 0) is 16.1 Å². The standard InChI is InChI=1S/C17H28N4O2/c18-14-17(5-2-1-3-6-17)11-16(22)20-9-10-23-15(12-20)13-21-8-4-7-19-21/h4,7-8,15H,1-3,5-6,9-14,18H2. The zero-order valence-corrected chi connectivity index (χ0v) is 13.8. The largest absolute Gasteiger partial charge is 0.373 e. The van der Waals surface area contributed by atoms with E-state index < -0.39 is 0 Å². The molecule has 6 heteroatoms. The van der Waals surface area contributed by atoms with Crippen LogP contribution in [0.25, 0.3) is 0 Å². The number of rotatable bonds is 5. The molecule has 1 atom stereocenters. The molecule has 128 valence electrons. The summed E-state index contributed by atoms with van der Waals surface area (Å²) in [7, 11) is 0. The van der Waals surface area contributed by atoms with Crippen LogP contribution in [0.1, 0.15) is 38.5 Å². The van der Waals surface area contributed by atoms with Gasteiger partial charge in [-0.05, 0) is 30.9 Å². The highest BCUT2D eigenvalue weighted by molar-refractivity contribution is 5.77. The number of amides is 1. The van der Waals surface area contributed by atoms with E-state index in [0.717, 1.165) is 12.8 Å². The first kappa shape index (κ1) is 16.5. The van der Waals surface area contributed by atoms with E-state index in [1.54, 1.807) is 6.20 Å². The molecule has 2 N–H and O–H groups in total. The Hall–Kier alpha value is -1.40. The average Bonchev–Trinajstić information content (AvgIpc) is 3.09. The lowest BCUT2D eigenvalue weighted by Crippen LogP contribution is -2.49. The molecular formula is C17H28N4O2. The predicted octanol–water partition coefficient (Wildman–Crippen LogP) is 1.41. The van der Waals surface area contributed by atoms with E-state index in [4.69, 9.17) is 10.5 Å². The minimum atomic E-state index is 0.0211. The van der Waals surface area contributed by atoms with E-state index in [-0.39, 0.29) is 17.4 Å². The first-order chi connectivity index (χ1) is 11.2. The molecule has 1 saturated carbocycles. The van der Waals surface area contributed by atoms with Gasteiger partial charge in [0.25, 0.3) is 0 Å². The maximum Gasteiger partial charge on any atom is 0.223 e. The maximum atomic E-state index is 12.8. The van der Waals surface area contributed by atoms with Gasteiger partial charge in [-0.15, -0.1) is 0 Å². The van der Waals surface area contributed by atoms with Gasteiger partial charge in [0.2, 0.25) is 5.91 Å². The number of morpholine rings is 1. The van der Waals surface area contributed by atoms with Gasteiger partial charge >= 0.3 is 0 Å². The monoisotopic (exact) mass is 320 g/mol. The van der Waals surface area contributed by atoms with Gasteiger partial charge in [-0.3, -0.25) is 9.48 Å². The Morgan fingerprint density at radius 2 is 2.17 bits per heavy atom. The minimum absolute atomic E-state index is 0.0211. The molecule has 6 nitrogen and oxygen atoms in total. The number of nitrogens with zero attached hydrogens (tertiary/aromatic N) is 3. The number of nitrogens with two attached hydrogens (primary N) is 1. The van der Waals surface area contributed by atoms with Crippen molar-refractivity contribution in [3.8, 4) is 0 Å². The molecular weight excluding hydrogens is 292 g/mol. The van der Waals surface area contributed by atoms with Crippen molar-refractivity contribution in [1.29, 1.82) is 0 Å². The lowest BCUT2D eigenvalue weighted by molar-refractivity contribution is -0.142. The Kier molecular flexibility index (Phi) is 5.33. The van der Waals surface area contributed by atoms with Crippen molar-refractivity contribution in [2.45, 2.75) is 51.2 Å². The first-order valence-electron chi connectivity index (χ1n) is 8.78. The normalized spacial score (nSPS) is 24.6. The van der Waals surface area contributed by atoms with E-state index in [1.807, 2.05) is 21.8 Å². The molecule has 1 saturated heterocycles. The fourth-order valence-corrected chi connectivity index (χ4v) is 3.86. The summed E-state index contributed by atoms with van der Waals surface area (Å²) in [6.45, 7) is 3.26. The van der Waals surface area contributed by atoms with Crippen LogP contribution in [-0.4, -0.2) is 52.9 Å². The van der Waals surface area contributed by atoms with E-state index in [0.29, 0.717) is 39.2 Å². The summed E-state index contributed by atoms with van der Waals surface area (Å²) in [6.07, 6.45) is 10.2. The molecule has 2 fully saturated rings. The summed E-state index contributed by atoms with van der Waals surface area (Å²) in [5, 5.41) is 4.21. The van der Waals surface area contributed by atoms with Crippen LogP contribution in [0.4, 0.5) is 0 Å². The number of hydrogen-bond acceptors (Lipinski definition) is 4. The third-order valence-corrected chi connectivity index (χ3v) is 5.31. The smallest absolute Gasteiger partial charge is 0.223 e. The SMILES string of the molecule is NCC1(CC(=O)N2CCOC(Cn3cccn3)C2)CCCCC1. The first-order valence-corrected chi connectivity index (χ1v) is 8.78. The molecule has 0 spiro atoms. The molecule has 2 aliphatic rings. The van der Waals surface area contributed by atoms with E-state index >= 15 is 0 Å². The number of ether oxygens (including phenoxy) is 1. The Morgan fingerprint density at radius 3 is 2.87 bits per heavy atom. The summed E-state index contributed by atoms with van der Waals surface area (Å²) < 4.78 is 7.66. The number of hydrogen-bond donors (Lipinski definition) is 1. The molecule has 3 rings (SSSR count). The van der Waals surface area contributed by atoms with Gasteiger partial charge in [0.05, 0.1) is 19.3 Å². The van der Waals surface area contributed by atoms with Crippen LogP contribution < -0.4 is 5.73 Å². The van der Waals surface area contributed by atoms with Crippen molar-refractivity contribution in [2.75, 3.05) is 26.2 Å². The van der Waals surface area contributed by atoms with Crippen molar-refractivity contribution in [2.24, 2.45) is 11.1 Å². The van der Waals surface area contributed by atoms with Crippen LogP contribution in [0.15, 0.2) is 18.5 Å². The molecule has 0 bridgehead atoms. The molecule has 1 aromatic heterocycles. The predicted molar refractivity (Wildman–Crippen MR) is 87.7 cm³/mol. The molecule has 1 amide bonds. The highest BCUT2D eigenvalue weighted by Crippen LogP contribution is 2.38. The highest BCUT2D eigenvalue weighted by Gasteiger charge is 2.35. The van der Waals surface area contributed by atoms with Crippen LogP contribution in [0.2, 0.25) is 0 Å². The van der Waals surface area contributed by atoms with E-state index in [1.165, 1.54) is 19.3 Å². The van der Waals surface area contributed by atoms with Gasteiger partial charge in [-0.25, -0.2) is 0 Å². The molecule has 1 aliphatic carbocycles. The second-order valence-corrected chi connectivity index (χ2v) is 7.00. The fourth-order valence-electron chi connectivity index (χ4n) is 3.86. The number of aromatic nitrogens is 2. The van der Waals surface area contributed by atoms with Gasteiger partial charge in [0.15, 0.2) is 0 Å². The summed E-state index contributed by atoms with van der Waals surface area (Å²) in [5.41, 5.74) is 6.06. The second-order valence-electron chi connectivity index (χ2n) is 7.00. The fraction of sp³-hybridized carbons (Fsp3) is 0.765. The van der Waals surface area contributed by atoms with Crippen molar-refractivity contribution in [1.82, 2.24) is 14.7 Å². The van der Waals surface area contributed by atoms with Crippen LogP contribution in [0.3, 0.4) is 0 Å². The van der Waals surface area contributed by atoms with Gasteiger partial charge in [-0.2, -0.15) is 5.10 Å². The molecule has 1 aliphatic heterocycles. The lowest BCUT2D eigenvalue weighted by Gasteiger charge is -2.39. The van der Waals surface area contributed by atoms with Crippen LogP contribution >= 0.6 is 0 Å². The number of carbonyl (C=O) groups is 1. The minimum Gasteiger partial charge on any atom is -0.373 e. The third-order valence-electron chi connectivity index (χ3n) is 5.31. The van der Waals surface area contributed by atoms with Gasteiger partial charge in [0.1, 0.15) is 0 Å². The van der Waals surface area contributed by atoms with Crippen molar-refractivity contribution >= 4 is 5.91 Å². The Labute approximate surface area is 138 Å². The topological polar surface area (TPSA) is 73.4 Å². The van der Waals surface area contributed by atoms with Gasteiger partial charge in [0, 0.05) is 31.9 Å². The Bertz CT molecular complexity index is 497. The third kappa shape index (κ3) is 4.12. The van der Waals surface area contributed by atoms with E-state index in [9.17, 15) is 4.79 Å². The Balaban J connectivity index is 1.56. The maximum absolute atomic E-state index is 12.8. The Morgan fingerprint density at radius 1 is 1.35 bits per heavy atom. The summed E-state index contributed by atoms with van der Waals surface area (Å²) >= 11 is 0. The lowest BCUT2D eigenvalue weighted by atomic mass is 9.71. The molecule has 0 radical (unpaired) electrons. The number of carbonyl (C=O) groups excluding carboxylic acids is 1. The van der Waals surface area contributed by atoms with Gasteiger partial charge in [-0.1, -0.05) is 19.3 Å². The second kappa shape index (κ2) is 7.45. The molecule has 0 aromatic carbocycles. The zero-order chi connectivity index (χ0) is 16.1. The summed E-state index contributed by atoms with van der Waals surface area (Å²) in [6, 6.07) is 1.90.